The molecule has 76 valence electrons. The van der Waals surface area contributed by atoms with E-state index in [0.717, 1.165) is 25.7 Å². The van der Waals surface area contributed by atoms with Crippen LogP contribution in [0.4, 0.5) is 0 Å². The van der Waals surface area contributed by atoms with Crippen molar-refractivity contribution >= 4 is 5.97 Å². The molecule has 2 N–H and O–H groups in total. The molecule has 0 saturated carbocycles. The Hall–Kier alpha value is -0.830. The first kappa shape index (κ1) is 12.2. The molecule has 0 bridgehead atoms. The van der Waals surface area contributed by atoms with Gasteiger partial charge in [0, 0.05) is 13.0 Å². The SMILES string of the molecule is O=C(O)CCCC=CCCCCO. The summed E-state index contributed by atoms with van der Waals surface area (Å²) in [6.45, 7) is 0.257. The van der Waals surface area contributed by atoms with E-state index in [1.165, 1.54) is 0 Å². The van der Waals surface area contributed by atoms with Crippen LogP contribution in [0.3, 0.4) is 0 Å². The minimum absolute atomic E-state index is 0.251. The fraction of sp³-hybridized carbons (Fsp3) is 0.700. The minimum Gasteiger partial charge on any atom is -0.481 e. The molecule has 0 aliphatic rings. The zero-order valence-corrected chi connectivity index (χ0v) is 7.91. The van der Waals surface area contributed by atoms with E-state index in [-0.39, 0.29) is 13.0 Å². The van der Waals surface area contributed by atoms with Crippen molar-refractivity contribution in [2.24, 2.45) is 0 Å². The van der Waals surface area contributed by atoms with Crippen molar-refractivity contribution in [3.05, 3.63) is 12.2 Å². The van der Waals surface area contributed by atoms with Gasteiger partial charge in [0.1, 0.15) is 0 Å². The second-order valence-electron chi connectivity index (χ2n) is 2.98. The Bertz CT molecular complexity index is 152. The number of carbonyl (C=O) groups is 1. The van der Waals surface area contributed by atoms with Crippen molar-refractivity contribution in [1.29, 1.82) is 0 Å². The number of unbranched alkanes of at least 4 members (excludes halogenated alkanes) is 3. The highest BCUT2D eigenvalue weighted by Gasteiger charge is 1.92. The van der Waals surface area contributed by atoms with Crippen molar-refractivity contribution in [1.82, 2.24) is 0 Å². The molecule has 0 rings (SSSR count). The maximum atomic E-state index is 10.1. The van der Waals surface area contributed by atoms with Gasteiger partial charge in [-0.05, 0) is 32.1 Å². The van der Waals surface area contributed by atoms with Crippen LogP contribution in [-0.2, 0) is 4.79 Å². The highest BCUT2D eigenvalue weighted by atomic mass is 16.4. The minimum atomic E-state index is -0.728. The Morgan fingerprint density at radius 2 is 1.69 bits per heavy atom. The van der Waals surface area contributed by atoms with Gasteiger partial charge in [-0.25, -0.2) is 0 Å². The molecule has 0 unspecified atom stereocenters. The lowest BCUT2D eigenvalue weighted by Gasteiger charge is -1.92. The smallest absolute Gasteiger partial charge is 0.303 e. The number of aliphatic carboxylic acids is 1. The van der Waals surface area contributed by atoms with Gasteiger partial charge in [-0.3, -0.25) is 4.79 Å². The van der Waals surface area contributed by atoms with Gasteiger partial charge in [-0.1, -0.05) is 12.2 Å². The van der Waals surface area contributed by atoms with Crippen LogP contribution in [0.5, 0.6) is 0 Å². The van der Waals surface area contributed by atoms with E-state index in [4.69, 9.17) is 10.2 Å². The molecular formula is C10H18O3. The molecule has 0 fully saturated rings. The van der Waals surface area contributed by atoms with E-state index in [9.17, 15) is 4.79 Å². The molecule has 3 heteroatoms. The first-order chi connectivity index (χ1) is 6.27. The van der Waals surface area contributed by atoms with Crippen molar-refractivity contribution in [3.8, 4) is 0 Å². The predicted octanol–water partition coefficient (Wildman–Crippen LogP) is 1.96. The number of hydrogen-bond donors (Lipinski definition) is 2. The van der Waals surface area contributed by atoms with Crippen molar-refractivity contribution in [3.63, 3.8) is 0 Å². The van der Waals surface area contributed by atoms with Gasteiger partial charge in [-0.2, -0.15) is 0 Å². The maximum Gasteiger partial charge on any atom is 0.303 e. The molecule has 0 heterocycles. The van der Waals surface area contributed by atoms with Gasteiger partial charge in [-0.15, -0.1) is 0 Å². The number of hydrogen-bond acceptors (Lipinski definition) is 2. The largest absolute Gasteiger partial charge is 0.481 e. The van der Waals surface area contributed by atoms with Crippen LogP contribution in [-0.4, -0.2) is 22.8 Å². The molecular weight excluding hydrogens is 168 g/mol. The average Bonchev–Trinajstić information content (AvgIpc) is 2.09. The standard InChI is InChI=1S/C10H18O3/c11-9-7-5-3-1-2-4-6-8-10(12)13/h1-2,11H,3-9H2,(H,12,13). The van der Waals surface area contributed by atoms with Crippen LogP contribution in [0.2, 0.25) is 0 Å². The highest BCUT2D eigenvalue weighted by Crippen LogP contribution is 2.00. The fourth-order valence-electron chi connectivity index (χ4n) is 0.981. The molecule has 0 atom stereocenters. The first-order valence-electron chi connectivity index (χ1n) is 4.75. The molecule has 0 amide bonds. The molecule has 0 aliphatic carbocycles. The van der Waals surface area contributed by atoms with E-state index in [1.807, 2.05) is 6.08 Å². The van der Waals surface area contributed by atoms with Gasteiger partial charge < -0.3 is 10.2 Å². The summed E-state index contributed by atoms with van der Waals surface area (Å²) in [5.41, 5.74) is 0. The number of carboxylic acid groups (broad SMARTS) is 1. The Morgan fingerprint density at radius 1 is 1.08 bits per heavy atom. The number of allylic oxidation sites excluding steroid dienone is 2. The van der Waals surface area contributed by atoms with E-state index in [1.54, 1.807) is 0 Å². The quantitative estimate of drug-likeness (QED) is 0.450. The van der Waals surface area contributed by atoms with Crippen LogP contribution in [0.25, 0.3) is 0 Å². The fourth-order valence-corrected chi connectivity index (χ4v) is 0.981. The summed E-state index contributed by atoms with van der Waals surface area (Å²) in [4.78, 5) is 10.1. The summed E-state index contributed by atoms with van der Waals surface area (Å²) in [5, 5.41) is 16.8. The van der Waals surface area contributed by atoms with Crippen molar-refractivity contribution in [2.45, 2.75) is 38.5 Å². The molecule has 0 aromatic carbocycles. The predicted molar refractivity (Wildman–Crippen MR) is 51.6 cm³/mol. The molecule has 3 nitrogen and oxygen atoms in total. The lowest BCUT2D eigenvalue weighted by molar-refractivity contribution is -0.137. The summed E-state index contributed by atoms with van der Waals surface area (Å²) >= 11 is 0. The second kappa shape index (κ2) is 9.26. The zero-order valence-electron chi connectivity index (χ0n) is 7.91. The summed E-state index contributed by atoms with van der Waals surface area (Å²) in [5.74, 6) is -0.728. The third-order valence-electron chi connectivity index (χ3n) is 1.71. The van der Waals surface area contributed by atoms with E-state index >= 15 is 0 Å². The Balaban J connectivity index is 3.08. The molecule has 13 heavy (non-hydrogen) atoms. The topological polar surface area (TPSA) is 57.5 Å². The van der Waals surface area contributed by atoms with Crippen LogP contribution < -0.4 is 0 Å². The summed E-state index contributed by atoms with van der Waals surface area (Å²) in [7, 11) is 0. The molecule has 0 aliphatic heterocycles. The van der Waals surface area contributed by atoms with Crippen LogP contribution >= 0.6 is 0 Å². The monoisotopic (exact) mass is 186 g/mol. The second-order valence-corrected chi connectivity index (χ2v) is 2.98. The van der Waals surface area contributed by atoms with E-state index in [0.29, 0.717) is 6.42 Å². The molecule has 0 aromatic heterocycles. The van der Waals surface area contributed by atoms with Crippen LogP contribution in [0.1, 0.15) is 38.5 Å². The third kappa shape index (κ3) is 11.2. The number of carboxylic acids is 1. The molecule has 0 radical (unpaired) electrons. The van der Waals surface area contributed by atoms with Gasteiger partial charge in [0.05, 0.1) is 0 Å². The summed E-state index contributed by atoms with van der Waals surface area (Å²) in [6.07, 6.45) is 8.70. The van der Waals surface area contributed by atoms with Crippen LogP contribution in [0.15, 0.2) is 12.2 Å². The zero-order chi connectivity index (χ0) is 9.94. The van der Waals surface area contributed by atoms with Gasteiger partial charge in [0.2, 0.25) is 0 Å². The Kier molecular flexibility index (Phi) is 8.67. The lowest BCUT2D eigenvalue weighted by atomic mass is 10.2. The molecule has 0 saturated heterocycles. The first-order valence-corrected chi connectivity index (χ1v) is 4.75. The third-order valence-corrected chi connectivity index (χ3v) is 1.71. The summed E-state index contributed by atoms with van der Waals surface area (Å²) < 4.78 is 0. The lowest BCUT2D eigenvalue weighted by Crippen LogP contribution is -1.92. The van der Waals surface area contributed by atoms with Crippen molar-refractivity contribution in [2.75, 3.05) is 6.61 Å². The molecule has 0 spiro atoms. The van der Waals surface area contributed by atoms with E-state index < -0.39 is 5.97 Å². The van der Waals surface area contributed by atoms with Gasteiger partial charge in [0.25, 0.3) is 0 Å². The average molecular weight is 186 g/mol. The van der Waals surface area contributed by atoms with E-state index in [2.05, 4.69) is 6.08 Å². The highest BCUT2D eigenvalue weighted by molar-refractivity contribution is 5.66. The number of aliphatic hydroxyl groups excluding tert-OH is 1. The number of rotatable bonds is 8. The Morgan fingerprint density at radius 3 is 2.23 bits per heavy atom. The normalized spacial score (nSPS) is 10.8. The van der Waals surface area contributed by atoms with Gasteiger partial charge in [0.15, 0.2) is 0 Å². The van der Waals surface area contributed by atoms with Crippen molar-refractivity contribution < 1.29 is 15.0 Å². The summed E-state index contributed by atoms with van der Waals surface area (Å²) in [6, 6.07) is 0. The maximum absolute atomic E-state index is 10.1. The number of aliphatic hydroxyl groups is 1. The van der Waals surface area contributed by atoms with Gasteiger partial charge >= 0.3 is 5.97 Å². The molecule has 0 aromatic rings. The van der Waals surface area contributed by atoms with Crippen LogP contribution in [0, 0.1) is 0 Å². The Labute approximate surface area is 79.1 Å².